The standard InChI is InChI=1S/C15H20BrNO3/c1-17(9-11-4-3-7-20-10-11)15(18)12-5-6-14(19-2)13(16)8-12/h5-6,8,11H,3-4,7,9-10H2,1-2H3. The number of nitrogens with zero attached hydrogens (tertiary/aromatic N) is 1. The molecule has 0 saturated carbocycles. The van der Waals surface area contributed by atoms with Crippen LogP contribution < -0.4 is 4.74 Å². The Morgan fingerprint density at radius 2 is 2.35 bits per heavy atom. The summed E-state index contributed by atoms with van der Waals surface area (Å²) in [7, 11) is 3.45. The maximum atomic E-state index is 12.4. The highest BCUT2D eigenvalue weighted by molar-refractivity contribution is 9.10. The topological polar surface area (TPSA) is 38.8 Å². The Labute approximate surface area is 128 Å². The van der Waals surface area contributed by atoms with Crippen molar-refractivity contribution in [2.75, 3.05) is 33.9 Å². The van der Waals surface area contributed by atoms with Crippen LogP contribution in [0.3, 0.4) is 0 Å². The number of methoxy groups -OCH3 is 1. The predicted octanol–water partition coefficient (Wildman–Crippen LogP) is 2.96. The molecule has 1 unspecified atom stereocenters. The molecule has 110 valence electrons. The molecule has 1 aliphatic heterocycles. The average molecular weight is 342 g/mol. The normalized spacial score (nSPS) is 18.6. The van der Waals surface area contributed by atoms with Crippen molar-refractivity contribution in [3.8, 4) is 5.75 Å². The Morgan fingerprint density at radius 1 is 1.55 bits per heavy atom. The lowest BCUT2D eigenvalue weighted by Gasteiger charge is -2.27. The van der Waals surface area contributed by atoms with E-state index in [0.717, 1.165) is 42.8 Å². The van der Waals surface area contributed by atoms with E-state index < -0.39 is 0 Å². The first kappa shape index (κ1) is 15.3. The van der Waals surface area contributed by atoms with Crippen LogP contribution in [-0.2, 0) is 4.74 Å². The number of amides is 1. The van der Waals surface area contributed by atoms with E-state index in [9.17, 15) is 4.79 Å². The summed E-state index contributed by atoms with van der Waals surface area (Å²) >= 11 is 3.41. The summed E-state index contributed by atoms with van der Waals surface area (Å²) in [4.78, 5) is 14.2. The molecule has 0 radical (unpaired) electrons. The average Bonchev–Trinajstić information content (AvgIpc) is 2.47. The smallest absolute Gasteiger partial charge is 0.253 e. The van der Waals surface area contributed by atoms with Gasteiger partial charge in [-0.1, -0.05) is 0 Å². The maximum absolute atomic E-state index is 12.4. The van der Waals surface area contributed by atoms with Crippen LogP contribution in [-0.4, -0.2) is 44.7 Å². The van der Waals surface area contributed by atoms with E-state index in [4.69, 9.17) is 9.47 Å². The highest BCUT2D eigenvalue weighted by Crippen LogP contribution is 2.26. The summed E-state index contributed by atoms with van der Waals surface area (Å²) in [5.41, 5.74) is 0.664. The van der Waals surface area contributed by atoms with Crippen LogP contribution in [0.4, 0.5) is 0 Å². The van der Waals surface area contributed by atoms with Gasteiger partial charge in [-0.3, -0.25) is 4.79 Å². The SMILES string of the molecule is COc1ccc(C(=O)N(C)CC2CCCOC2)cc1Br. The quantitative estimate of drug-likeness (QED) is 0.845. The molecule has 0 aromatic heterocycles. The molecule has 1 heterocycles. The molecule has 5 heteroatoms. The van der Waals surface area contributed by atoms with Crippen molar-refractivity contribution in [3.63, 3.8) is 0 Å². The van der Waals surface area contributed by atoms with Gasteiger partial charge in [-0.25, -0.2) is 0 Å². The molecule has 1 aromatic rings. The Morgan fingerprint density at radius 3 is 2.95 bits per heavy atom. The van der Waals surface area contributed by atoms with Crippen LogP contribution in [0.5, 0.6) is 5.75 Å². The molecule has 0 spiro atoms. The van der Waals surface area contributed by atoms with Gasteiger partial charge in [-0.2, -0.15) is 0 Å². The molecule has 4 nitrogen and oxygen atoms in total. The van der Waals surface area contributed by atoms with Gasteiger partial charge >= 0.3 is 0 Å². The summed E-state index contributed by atoms with van der Waals surface area (Å²) in [5, 5.41) is 0. The molecule has 2 rings (SSSR count). The Hall–Kier alpha value is -1.07. The fourth-order valence-corrected chi connectivity index (χ4v) is 2.98. The third-order valence-electron chi connectivity index (χ3n) is 3.53. The third-order valence-corrected chi connectivity index (χ3v) is 4.15. The molecule has 1 fully saturated rings. The van der Waals surface area contributed by atoms with E-state index >= 15 is 0 Å². The minimum atomic E-state index is 0.0268. The first-order valence-electron chi connectivity index (χ1n) is 6.78. The maximum Gasteiger partial charge on any atom is 0.253 e. The fourth-order valence-electron chi connectivity index (χ4n) is 2.44. The van der Waals surface area contributed by atoms with Gasteiger partial charge in [-0.05, 0) is 52.9 Å². The molecule has 1 saturated heterocycles. The molecular formula is C15H20BrNO3. The van der Waals surface area contributed by atoms with E-state index in [-0.39, 0.29) is 5.91 Å². The van der Waals surface area contributed by atoms with E-state index in [1.165, 1.54) is 0 Å². The van der Waals surface area contributed by atoms with Gasteiger partial charge in [0.15, 0.2) is 0 Å². The zero-order valence-corrected chi connectivity index (χ0v) is 13.5. The van der Waals surface area contributed by atoms with Gasteiger partial charge in [0.1, 0.15) is 5.75 Å². The third kappa shape index (κ3) is 3.73. The van der Waals surface area contributed by atoms with Crippen molar-refractivity contribution in [1.29, 1.82) is 0 Å². The molecule has 1 amide bonds. The van der Waals surface area contributed by atoms with Gasteiger partial charge in [-0.15, -0.1) is 0 Å². The Balaban J connectivity index is 2.00. The van der Waals surface area contributed by atoms with Crippen molar-refractivity contribution in [2.45, 2.75) is 12.8 Å². The zero-order valence-electron chi connectivity index (χ0n) is 11.9. The number of hydrogen-bond acceptors (Lipinski definition) is 3. The number of hydrogen-bond donors (Lipinski definition) is 0. The number of carbonyl (C=O) groups is 1. The van der Waals surface area contributed by atoms with Gasteiger partial charge < -0.3 is 14.4 Å². The van der Waals surface area contributed by atoms with Crippen molar-refractivity contribution in [1.82, 2.24) is 4.90 Å². The number of halogens is 1. The number of ether oxygens (including phenoxy) is 2. The van der Waals surface area contributed by atoms with Crippen LogP contribution >= 0.6 is 15.9 Å². The van der Waals surface area contributed by atoms with Crippen LogP contribution in [0.15, 0.2) is 22.7 Å². The van der Waals surface area contributed by atoms with Gasteiger partial charge in [0.2, 0.25) is 0 Å². The van der Waals surface area contributed by atoms with Gasteiger partial charge in [0.05, 0.1) is 18.2 Å². The van der Waals surface area contributed by atoms with E-state index in [0.29, 0.717) is 11.5 Å². The van der Waals surface area contributed by atoms with Gasteiger partial charge in [0, 0.05) is 25.8 Å². The number of carbonyl (C=O) groups excluding carboxylic acids is 1. The van der Waals surface area contributed by atoms with Crippen LogP contribution in [0.25, 0.3) is 0 Å². The molecular weight excluding hydrogens is 322 g/mol. The summed E-state index contributed by atoms with van der Waals surface area (Å²) in [6, 6.07) is 5.39. The first-order chi connectivity index (χ1) is 9.61. The monoisotopic (exact) mass is 341 g/mol. The molecule has 1 aliphatic rings. The van der Waals surface area contributed by atoms with Crippen molar-refractivity contribution in [3.05, 3.63) is 28.2 Å². The molecule has 0 aliphatic carbocycles. The highest BCUT2D eigenvalue weighted by Gasteiger charge is 2.20. The van der Waals surface area contributed by atoms with E-state index in [1.54, 1.807) is 30.2 Å². The second kappa shape index (κ2) is 7.09. The minimum Gasteiger partial charge on any atom is -0.496 e. The first-order valence-corrected chi connectivity index (χ1v) is 7.58. The van der Waals surface area contributed by atoms with Crippen LogP contribution in [0, 0.1) is 5.92 Å². The fraction of sp³-hybridized carbons (Fsp3) is 0.533. The molecule has 1 atom stereocenters. The van der Waals surface area contributed by atoms with Crippen LogP contribution in [0.1, 0.15) is 23.2 Å². The zero-order chi connectivity index (χ0) is 14.5. The highest BCUT2D eigenvalue weighted by atomic mass is 79.9. The van der Waals surface area contributed by atoms with E-state index in [1.807, 2.05) is 7.05 Å². The van der Waals surface area contributed by atoms with Crippen LogP contribution in [0.2, 0.25) is 0 Å². The summed E-state index contributed by atoms with van der Waals surface area (Å²) in [5.74, 6) is 1.20. The van der Waals surface area contributed by atoms with Crippen molar-refractivity contribution in [2.24, 2.45) is 5.92 Å². The minimum absolute atomic E-state index is 0.0268. The number of benzene rings is 1. The molecule has 20 heavy (non-hydrogen) atoms. The summed E-state index contributed by atoms with van der Waals surface area (Å²) < 4.78 is 11.4. The lowest BCUT2D eigenvalue weighted by Crippen LogP contribution is -2.35. The lowest BCUT2D eigenvalue weighted by atomic mass is 10.0. The second-order valence-corrected chi connectivity index (χ2v) is 5.97. The number of rotatable bonds is 4. The summed E-state index contributed by atoms with van der Waals surface area (Å²) in [6.07, 6.45) is 2.21. The van der Waals surface area contributed by atoms with Gasteiger partial charge in [0.25, 0.3) is 5.91 Å². The lowest BCUT2D eigenvalue weighted by molar-refractivity contribution is 0.0388. The molecule has 0 bridgehead atoms. The molecule has 1 aromatic carbocycles. The second-order valence-electron chi connectivity index (χ2n) is 5.12. The van der Waals surface area contributed by atoms with Crippen molar-refractivity contribution >= 4 is 21.8 Å². The van der Waals surface area contributed by atoms with Crippen molar-refractivity contribution < 1.29 is 14.3 Å². The Kier molecular flexibility index (Phi) is 5.43. The largest absolute Gasteiger partial charge is 0.496 e. The summed E-state index contributed by atoms with van der Waals surface area (Å²) in [6.45, 7) is 2.34. The predicted molar refractivity (Wildman–Crippen MR) is 81.2 cm³/mol. The van der Waals surface area contributed by atoms with E-state index in [2.05, 4.69) is 15.9 Å². The molecule has 0 N–H and O–H groups in total. The Bertz CT molecular complexity index is 472.